The van der Waals surface area contributed by atoms with Crippen LogP contribution in [-0.2, 0) is 9.53 Å². The van der Waals surface area contributed by atoms with Crippen molar-refractivity contribution >= 4 is 35.4 Å². The van der Waals surface area contributed by atoms with E-state index in [-0.39, 0.29) is 18.7 Å². The molecule has 3 aliphatic rings. The summed E-state index contributed by atoms with van der Waals surface area (Å²) >= 11 is 0. The van der Waals surface area contributed by atoms with E-state index < -0.39 is 22.8 Å². The number of nitrogens with one attached hydrogen (secondary N) is 2. The van der Waals surface area contributed by atoms with Crippen LogP contribution in [0.5, 0.6) is 0 Å². The highest BCUT2D eigenvalue weighted by atomic mass is 19.1. The number of H-pyrrole nitrogens is 2. The number of ether oxygens (including phenoxy) is 1. The van der Waals surface area contributed by atoms with Crippen LogP contribution in [0.3, 0.4) is 0 Å². The molecular formula is C27H24FN5O2. The number of esters is 1. The Morgan fingerprint density at radius 3 is 2.77 bits per heavy atom. The minimum absolute atomic E-state index is 0.0261. The van der Waals surface area contributed by atoms with Gasteiger partial charge < -0.3 is 14.7 Å². The first-order valence-corrected chi connectivity index (χ1v) is 11.4. The lowest BCUT2D eigenvalue weighted by Crippen LogP contribution is -2.38. The SMILES string of the molecule is CCOC(=O)C(C)(C#N)CC12C=CC(=N1)C(F)=c1ccc([nH]1)=Cc1ccc([nH]1)C=C1C=CC(=N1)C2. The predicted octanol–water partition coefficient (Wildman–Crippen LogP) is 3.24. The number of nitriles is 1. The van der Waals surface area contributed by atoms with Crippen LogP contribution in [0.1, 0.15) is 38.1 Å². The van der Waals surface area contributed by atoms with Gasteiger partial charge in [-0.25, -0.2) is 4.39 Å². The lowest BCUT2D eigenvalue weighted by molar-refractivity contribution is -0.151. The molecule has 0 saturated carbocycles. The van der Waals surface area contributed by atoms with Crippen molar-refractivity contribution in [2.75, 3.05) is 6.61 Å². The first kappa shape index (κ1) is 22.5. The second kappa shape index (κ2) is 8.51. The van der Waals surface area contributed by atoms with E-state index in [4.69, 9.17) is 14.7 Å². The molecule has 0 saturated heterocycles. The molecule has 0 spiro atoms. The van der Waals surface area contributed by atoms with Crippen LogP contribution in [0.2, 0.25) is 0 Å². The molecule has 5 heterocycles. The van der Waals surface area contributed by atoms with Crippen molar-refractivity contribution in [3.05, 3.63) is 76.4 Å². The Labute approximate surface area is 201 Å². The van der Waals surface area contributed by atoms with E-state index in [0.29, 0.717) is 11.8 Å². The number of halogens is 1. The Bertz CT molecular complexity index is 1530. The van der Waals surface area contributed by atoms with Gasteiger partial charge in [-0.1, -0.05) is 6.08 Å². The summed E-state index contributed by atoms with van der Waals surface area (Å²) in [5, 5.41) is 10.9. The van der Waals surface area contributed by atoms with Gasteiger partial charge in [0.05, 0.1) is 35.0 Å². The summed E-state index contributed by atoms with van der Waals surface area (Å²) in [6.45, 7) is 3.39. The summed E-state index contributed by atoms with van der Waals surface area (Å²) in [5.41, 5.74) is 0.880. The average molecular weight is 470 g/mol. The second-order valence-corrected chi connectivity index (χ2v) is 9.11. The number of aliphatic imine (C=N–C) groups is 2. The third-order valence-electron chi connectivity index (χ3n) is 6.25. The minimum atomic E-state index is -1.46. The molecule has 0 aliphatic carbocycles. The van der Waals surface area contributed by atoms with Crippen molar-refractivity contribution < 1.29 is 13.9 Å². The van der Waals surface area contributed by atoms with Crippen molar-refractivity contribution in [3.63, 3.8) is 0 Å². The van der Waals surface area contributed by atoms with Gasteiger partial charge in [-0.2, -0.15) is 5.26 Å². The molecule has 0 radical (unpaired) electrons. The van der Waals surface area contributed by atoms with E-state index in [2.05, 4.69) is 16.0 Å². The lowest BCUT2D eigenvalue weighted by atomic mass is 9.76. The second-order valence-electron chi connectivity index (χ2n) is 9.11. The largest absolute Gasteiger partial charge is 0.465 e. The molecule has 2 unspecified atom stereocenters. The molecule has 2 atom stereocenters. The molecule has 35 heavy (non-hydrogen) atoms. The van der Waals surface area contributed by atoms with E-state index in [1.807, 2.05) is 36.4 Å². The zero-order valence-corrected chi connectivity index (χ0v) is 19.4. The van der Waals surface area contributed by atoms with E-state index in [0.717, 1.165) is 28.1 Å². The van der Waals surface area contributed by atoms with Crippen LogP contribution >= 0.6 is 0 Å². The van der Waals surface area contributed by atoms with Crippen molar-refractivity contribution in [1.29, 1.82) is 5.26 Å². The smallest absolute Gasteiger partial charge is 0.326 e. The molecule has 0 aromatic carbocycles. The first-order chi connectivity index (χ1) is 16.8. The number of hydrogen-bond donors (Lipinski definition) is 2. The highest BCUT2D eigenvalue weighted by molar-refractivity contribution is 6.23. The van der Waals surface area contributed by atoms with Crippen LogP contribution in [0, 0.1) is 16.7 Å². The molecule has 176 valence electrons. The van der Waals surface area contributed by atoms with Gasteiger partial charge in [-0.15, -0.1) is 0 Å². The van der Waals surface area contributed by atoms with E-state index >= 15 is 4.39 Å². The summed E-state index contributed by atoms with van der Waals surface area (Å²) < 4.78 is 20.7. The van der Waals surface area contributed by atoms with Gasteiger partial charge in [0.15, 0.2) is 11.2 Å². The van der Waals surface area contributed by atoms with Gasteiger partial charge in [-0.3, -0.25) is 14.8 Å². The molecule has 8 heteroatoms. The third kappa shape index (κ3) is 4.33. The van der Waals surface area contributed by atoms with Gasteiger partial charge in [0.2, 0.25) is 0 Å². The van der Waals surface area contributed by atoms with Crippen LogP contribution in [-0.4, -0.2) is 39.5 Å². The van der Waals surface area contributed by atoms with Crippen molar-refractivity contribution in [2.45, 2.75) is 32.2 Å². The lowest BCUT2D eigenvalue weighted by Gasteiger charge is -2.31. The fraction of sp³-hybridized carbons (Fsp3) is 0.259. The summed E-state index contributed by atoms with van der Waals surface area (Å²) in [5.74, 6) is -1.14. The molecule has 3 aliphatic heterocycles. The third-order valence-corrected chi connectivity index (χ3v) is 6.25. The molecule has 8 bridgehead atoms. The quantitative estimate of drug-likeness (QED) is 0.672. The maximum Gasteiger partial charge on any atom is 0.326 e. The minimum Gasteiger partial charge on any atom is -0.465 e. The monoisotopic (exact) mass is 469 g/mol. The Kier molecular flexibility index (Phi) is 5.48. The van der Waals surface area contributed by atoms with Crippen LogP contribution in [0.25, 0.3) is 18.0 Å². The van der Waals surface area contributed by atoms with Crippen molar-refractivity contribution in [1.82, 2.24) is 9.97 Å². The molecular weight excluding hydrogens is 445 g/mol. The van der Waals surface area contributed by atoms with Crippen LogP contribution in [0.15, 0.2) is 64.3 Å². The average Bonchev–Trinajstić information content (AvgIpc) is 3.63. The van der Waals surface area contributed by atoms with Crippen LogP contribution in [0.4, 0.5) is 4.39 Å². The maximum absolute atomic E-state index is 15.5. The molecule has 2 aromatic rings. The standard InChI is InChI=1S/C27H24FN5O2/c1-3-35-25(34)26(2,16-29)15-27-11-10-23(33-27)24(28)22-9-8-20(32-22)13-18-5-4-17(30-18)12-19-6-7-21(14-27)31-19/h4-13,30,32H,3,14-15H2,1-2H3. The number of nitrogens with zero attached hydrogens (tertiary/aromatic N) is 3. The molecule has 2 N–H and O–H groups in total. The molecule has 7 nitrogen and oxygen atoms in total. The molecule has 5 rings (SSSR count). The van der Waals surface area contributed by atoms with E-state index in [1.165, 1.54) is 6.92 Å². The number of carbonyl (C=O) groups is 1. The number of fused-ring (bicyclic) bond motifs is 6. The summed E-state index contributed by atoms with van der Waals surface area (Å²) in [6, 6.07) is 9.45. The highest BCUT2D eigenvalue weighted by Crippen LogP contribution is 2.39. The normalized spacial score (nSPS) is 22.0. The summed E-state index contributed by atoms with van der Waals surface area (Å²) in [6.07, 6.45) is 11.3. The maximum atomic E-state index is 15.5. The Morgan fingerprint density at radius 2 is 2.00 bits per heavy atom. The highest BCUT2D eigenvalue weighted by Gasteiger charge is 2.46. The Balaban J connectivity index is 1.66. The first-order valence-electron chi connectivity index (χ1n) is 11.4. The van der Waals surface area contributed by atoms with Crippen molar-refractivity contribution in [2.24, 2.45) is 15.4 Å². The fourth-order valence-corrected chi connectivity index (χ4v) is 4.59. The van der Waals surface area contributed by atoms with Gasteiger partial charge >= 0.3 is 5.97 Å². The molecule has 2 aromatic heterocycles. The van der Waals surface area contributed by atoms with E-state index in [9.17, 15) is 10.1 Å². The van der Waals surface area contributed by atoms with Gasteiger partial charge in [0, 0.05) is 35.3 Å². The van der Waals surface area contributed by atoms with Crippen LogP contribution < -0.4 is 10.7 Å². The number of hydrogen-bond acceptors (Lipinski definition) is 5. The molecule has 0 amide bonds. The number of carbonyl (C=O) groups excluding carboxylic acids is 1. The van der Waals surface area contributed by atoms with Gasteiger partial charge in [0.25, 0.3) is 0 Å². The Hall–Kier alpha value is -4.25. The van der Waals surface area contributed by atoms with Gasteiger partial charge in [-0.05, 0) is 68.5 Å². The number of rotatable bonds is 4. The zero-order valence-electron chi connectivity index (χ0n) is 19.4. The number of aromatic nitrogens is 2. The van der Waals surface area contributed by atoms with Crippen molar-refractivity contribution in [3.8, 4) is 6.07 Å². The zero-order chi connectivity index (χ0) is 24.6. The predicted molar refractivity (Wildman–Crippen MR) is 132 cm³/mol. The Morgan fingerprint density at radius 1 is 1.20 bits per heavy atom. The topological polar surface area (TPSA) is 106 Å². The summed E-state index contributed by atoms with van der Waals surface area (Å²) in [7, 11) is 0. The number of aromatic amines is 2. The van der Waals surface area contributed by atoms with E-state index in [1.54, 1.807) is 31.2 Å². The number of allylic oxidation sites excluding steroid dienone is 3. The summed E-state index contributed by atoms with van der Waals surface area (Å²) in [4.78, 5) is 28.5. The fourth-order valence-electron chi connectivity index (χ4n) is 4.59. The molecule has 0 fully saturated rings. The van der Waals surface area contributed by atoms with Gasteiger partial charge in [0.1, 0.15) is 0 Å².